The molecule has 2 aromatic heterocycles. The van der Waals surface area contributed by atoms with Crippen LogP contribution in [0, 0.1) is 0 Å². The Morgan fingerprint density at radius 2 is 2.20 bits per heavy atom. The van der Waals surface area contributed by atoms with Gasteiger partial charge in [-0.25, -0.2) is 9.97 Å². The van der Waals surface area contributed by atoms with Gasteiger partial charge in [-0.1, -0.05) is 35.3 Å². The molecule has 1 aromatic carbocycles. The molecule has 3 heterocycles. The normalized spacial score (nSPS) is 15.0. The summed E-state index contributed by atoms with van der Waals surface area (Å²) in [6.07, 6.45) is 4.21. The Morgan fingerprint density at radius 3 is 3.08 bits per heavy atom. The molecular weight excluding hydrogens is 377 g/mol. The van der Waals surface area contributed by atoms with Gasteiger partial charge in [0, 0.05) is 23.5 Å². The smallest absolute Gasteiger partial charge is 0.158 e. The first kappa shape index (κ1) is 16.7. The lowest BCUT2D eigenvalue weighted by molar-refractivity contribution is 0.318. The quantitative estimate of drug-likeness (QED) is 0.529. The van der Waals surface area contributed by atoms with Crippen LogP contribution in [-0.2, 0) is 13.0 Å². The van der Waals surface area contributed by atoms with Crippen molar-refractivity contribution < 1.29 is 0 Å². The molecule has 0 spiro atoms. The first-order valence-corrected chi connectivity index (χ1v) is 9.37. The lowest BCUT2D eigenvalue weighted by Crippen LogP contribution is -2.25. The summed E-state index contributed by atoms with van der Waals surface area (Å²) in [4.78, 5) is 13.5. The maximum atomic E-state index is 6.18. The van der Waals surface area contributed by atoms with Crippen molar-refractivity contribution in [3.8, 4) is 0 Å². The highest BCUT2D eigenvalue weighted by molar-refractivity contribution is 7.19. The molecule has 25 heavy (non-hydrogen) atoms. The van der Waals surface area contributed by atoms with Crippen molar-refractivity contribution in [1.29, 1.82) is 0 Å². The Kier molecular flexibility index (Phi) is 4.60. The molecule has 1 aliphatic rings. The Labute approximate surface area is 159 Å². The lowest BCUT2D eigenvalue weighted by Gasteiger charge is -2.22. The SMILES string of the molecule is CN1CCc2c(sc3ncnc(N/N=C/c4cccc(Cl)c4Cl)c23)C1. The molecule has 128 valence electrons. The molecule has 1 aliphatic heterocycles. The first-order chi connectivity index (χ1) is 12.1. The fourth-order valence-electron chi connectivity index (χ4n) is 2.92. The maximum Gasteiger partial charge on any atom is 0.158 e. The minimum absolute atomic E-state index is 0.485. The molecule has 3 aromatic rings. The number of fused-ring (bicyclic) bond motifs is 3. The highest BCUT2D eigenvalue weighted by Crippen LogP contribution is 2.36. The Bertz CT molecular complexity index is 969. The van der Waals surface area contributed by atoms with Crippen molar-refractivity contribution in [2.45, 2.75) is 13.0 Å². The van der Waals surface area contributed by atoms with E-state index in [-0.39, 0.29) is 0 Å². The number of hydrogen-bond acceptors (Lipinski definition) is 6. The van der Waals surface area contributed by atoms with Crippen molar-refractivity contribution in [2.75, 3.05) is 19.0 Å². The van der Waals surface area contributed by atoms with Gasteiger partial charge in [0.1, 0.15) is 11.2 Å². The van der Waals surface area contributed by atoms with Gasteiger partial charge in [-0.3, -0.25) is 5.43 Å². The van der Waals surface area contributed by atoms with E-state index >= 15 is 0 Å². The number of hydrazone groups is 1. The van der Waals surface area contributed by atoms with Crippen molar-refractivity contribution in [3.05, 3.63) is 50.6 Å². The summed E-state index contributed by atoms with van der Waals surface area (Å²) in [6.45, 7) is 1.99. The molecule has 0 unspecified atom stereocenters. The average molecular weight is 392 g/mol. The van der Waals surface area contributed by atoms with E-state index < -0.39 is 0 Å². The van der Waals surface area contributed by atoms with Crippen LogP contribution in [0.2, 0.25) is 10.0 Å². The van der Waals surface area contributed by atoms with Crippen LogP contribution >= 0.6 is 34.5 Å². The van der Waals surface area contributed by atoms with Crippen LogP contribution in [-0.4, -0.2) is 34.7 Å². The van der Waals surface area contributed by atoms with Gasteiger partial charge in [-0.05, 0) is 25.1 Å². The number of thiophene rings is 1. The van der Waals surface area contributed by atoms with Gasteiger partial charge in [0.15, 0.2) is 5.82 Å². The van der Waals surface area contributed by atoms with Crippen LogP contribution in [0.5, 0.6) is 0 Å². The van der Waals surface area contributed by atoms with E-state index in [0.717, 1.165) is 41.1 Å². The van der Waals surface area contributed by atoms with Gasteiger partial charge < -0.3 is 4.90 Å². The molecule has 0 saturated carbocycles. The minimum Gasteiger partial charge on any atom is -0.301 e. The third-order valence-electron chi connectivity index (χ3n) is 4.18. The van der Waals surface area contributed by atoms with E-state index in [1.54, 1.807) is 29.9 Å². The number of nitrogens with one attached hydrogen (secondary N) is 1. The van der Waals surface area contributed by atoms with Crippen molar-refractivity contribution >= 4 is 56.8 Å². The monoisotopic (exact) mass is 391 g/mol. The van der Waals surface area contributed by atoms with Crippen molar-refractivity contribution in [2.24, 2.45) is 5.10 Å². The number of halogens is 2. The summed E-state index contributed by atoms with van der Waals surface area (Å²) in [5, 5.41) is 6.36. The van der Waals surface area contributed by atoms with Crippen molar-refractivity contribution in [3.63, 3.8) is 0 Å². The van der Waals surface area contributed by atoms with Gasteiger partial charge in [-0.15, -0.1) is 11.3 Å². The largest absolute Gasteiger partial charge is 0.301 e. The zero-order valence-electron chi connectivity index (χ0n) is 13.5. The summed E-state index contributed by atoms with van der Waals surface area (Å²) in [6, 6.07) is 5.44. The van der Waals surface area contributed by atoms with E-state index in [4.69, 9.17) is 23.2 Å². The molecule has 4 rings (SSSR count). The fraction of sp³-hybridized carbons (Fsp3) is 0.235. The second kappa shape index (κ2) is 6.88. The van der Waals surface area contributed by atoms with Gasteiger partial charge >= 0.3 is 0 Å². The van der Waals surface area contributed by atoms with Crippen LogP contribution < -0.4 is 5.43 Å². The molecule has 0 bridgehead atoms. The molecule has 8 heteroatoms. The fourth-order valence-corrected chi connectivity index (χ4v) is 4.55. The zero-order valence-corrected chi connectivity index (χ0v) is 15.8. The maximum absolute atomic E-state index is 6.18. The second-order valence-electron chi connectivity index (χ2n) is 5.91. The molecule has 0 atom stereocenters. The van der Waals surface area contributed by atoms with E-state index in [1.807, 2.05) is 12.1 Å². The van der Waals surface area contributed by atoms with Gasteiger partial charge in [0.05, 0.1) is 21.6 Å². The van der Waals surface area contributed by atoms with Crippen LogP contribution in [0.1, 0.15) is 16.0 Å². The zero-order chi connectivity index (χ0) is 17.4. The molecule has 0 fully saturated rings. The standard InChI is InChI=1S/C17H15Cl2N5S/c1-24-6-5-11-13(8-24)25-17-14(11)16(20-9-21-17)23-22-7-10-3-2-4-12(18)15(10)19/h2-4,7,9H,5-6,8H2,1H3,(H,20,21,23)/b22-7+. The van der Waals surface area contributed by atoms with Gasteiger partial charge in [0.25, 0.3) is 0 Å². The summed E-state index contributed by atoms with van der Waals surface area (Å²) >= 11 is 13.9. The topological polar surface area (TPSA) is 53.4 Å². The number of nitrogens with zero attached hydrogens (tertiary/aromatic N) is 4. The molecule has 1 N–H and O–H groups in total. The van der Waals surface area contributed by atoms with E-state index in [2.05, 4.69) is 32.4 Å². The summed E-state index contributed by atoms with van der Waals surface area (Å²) in [5.41, 5.74) is 5.12. The predicted molar refractivity (Wildman–Crippen MR) is 105 cm³/mol. The van der Waals surface area contributed by atoms with Crippen LogP contribution in [0.3, 0.4) is 0 Å². The molecule has 0 saturated heterocycles. The Hall–Kier alpha value is -1.73. The third-order valence-corrected chi connectivity index (χ3v) is 6.14. The number of hydrogen-bond donors (Lipinski definition) is 1. The van der Waals surface area contributed by atoms with E-state index in [0.29, 0.717) is 10.0 Å². The van der Waals surface area contributed by atoms with Gasteiger partial charge in [0.2, 0.25) is 0 Å². The lowest BCUT2D eigenvalue weighted by atomic mass is 10.1. The van der Waals surface area contributed by atoms with Crippen LogP contribution in [0.25, 0.3) is 10.2 Å². The molecule has 0 radical (unpaired) electrons. The van der Waals surface area contributed by atoms with Crippen molar-refractivity contribution in [1.82, 2.24) is 14.9 Å². The highest BCUT2D eigenvalue weighted by Gasteiger charge is 2.21. The number of likely N-dealkylation sites (N-methyl/N-ethyl adjacent to an activating group) is 1. The summed E-state index contributed by atoms with van der Waals surface area (Å²) in [5.74, 6) is 0.724. The molecular formula is C17H15Cl2N5S. The molecule has 0 aliphatic carbocycles. The first-order valence-electron chi connectivity index (χ1n) is 7.80. The predicted octanol–water partition coefficient (Wildman–Crippen LogP) is 4.43. The number of benzene rings is 1. The van der Waals surface area contributed by atoms with Gasteiger partial charge in [-0.2, -0.15) is 5.10 Å². The number of anilines is 1. The highest BCUT2D eigenvalue weighted by atomic mass is 35.5. The Morgan fingerprint density at radius 1 is 1.32 bits per heavy atom. The van der Waals surface area contributed by atoms with E-state index in [9.17, 15) is 0 Å². The van der Waals surface area contributed by atoms with Crippen LogP contribution in [0.15, 0.2) is 29.6 Å². The summed E-state index contributed by atoms with van der Waals surface area (Å²) in [7, 11) is 2.14. The summed E-state index contributed by atoms with van der Waals surface area (Å²) < 4.78 is 0. The molecule has 0 amide bonds. The average Bonchev–Trinajstić information content (AvgIpc) is 2.96. The van der Waals surface area contributed by atoms with Crippen LogP contribution in [0.4, 0.5) is 5.82 Å². The third kappa shape index (κ3) is 3.22. The molecule has 5 nitrogen and oxygen atoms in total. The number of rotatable bonds is 3. The Balaban J connectivity index is 1.66. The second-order valence-corrected chi connectivity index (χ2v) is 7.78. The van der Waals surface area contributed by atoms with E-state index in [1.165, 1.54) is 10.4 Å². The minimum atomic E-state index is 0.485. The number of aromatic nitrogens is 2.